The molecule has 0 saturated heterocycles. The van der Waals surface area contributed by atoms with E-state index in [1.165, 1.54) is 0 Å². The summed E-state index contributed by atoms with van der Waals surface area (Å²) >= 11 is 0. The molecule has 0 spiro atoms. The van der Waals surface area contributed by atoms with Gasteiger partial charge in [-0.05, 0) is 12.1 Å². The maximum absolute atomic E-state index is 11.5. The van der Waals surface area contributed by atoms with Gasteiger partial charge < -0.3 is 20.7 Å². The third-order valence-corrected chi connectivity index (χ3v) is 2.24. The number of amides is 1. The highest BCUT2D eigenvalue weighted by molar-refractivity contribution is 5.82. The first-order valence-corrected chi connectivity index (χ1v) is 5.32. The van der Waals surface area contributed by atoms with Crippen LogP contribution in [0.25, 0.3) is 0 Å². The van der Waals surface area contributed by atoms with E-state index in [9.17, 15) is 4.79 Å². The lowest BCUT2D eigenvalue weighted by Crippen LogP contribution is -2.36. The highest BCUT2D eigenvalue weighted by Gasteiger charge is 2.09. The van der Waals surface area contributed by atoms with Gasteiger partial charge in [0.05, 0.1) is 18.8 Å². The Kier molecular flexibility index (Phi) is 5.22. The highest BCUT2D eigenvalue weighted by Crippen LogP contribution is 2.17. The number of pyridine rings is 1. The number of nitrogens with one attached hydrogen (secondary N) is 1. The Morgan fingerprint density at radius 3 is 3.06 bits per heavy atom. The minimum atomic E-state index is -0.0761. The molecular formula is C11H18N4O2. The van der Waals surface area contributed by atoms with Crippen LogP contribution in [0.1, 0.15) is 0 Å². The topological polar surface area (TPSA) is 80.5 Å². The number of methoxy groups -OCH3 is 1. The van der Waals surface area contributed by atoms with Gasteiger partial charge >= 0.3 is 0 Å². The average molecular weight is 238 g/mol. The summed E-state index contributed by atoms with van der Waals surface area (Å²) in [5.74, 6) is 0.340. The molecule has 0 aliphatic carbocycles. The number of aromatic nitrogens is 1. The van der Waals surface area contributed by atoms with Crippen LogP contribution in [0.15, 0.2) is 18.3 Å². The van der Waals surface area contributed by atoms with E-state index >= 15 is 0 Å². The molecule has 6 heteroatoms. The third kappa shape index (κ3) is 4.28. The average Bonchev–Trinajstić information content (AvgIpc) is 2.29. The largest absolute Gasteiger partial charge is 0.383 e. The van der Waals surface area contributed by atoms with E-state index in [0.29, 0.717) is 19.0 Å². The molecule has 0 aliphatic heterocycles. The van der Waals surface area contributed by atoms with Crippen LogP contribution >= 0.6 is 0 Å². The van der Waals surface area contributed by atoms with Crippen molar-refractivity contribution in [2.45, 2.75) is 0 Å². The zero-order valence-corrected chi connectivity index (χ0v) is 10.1. The SMILES string of the molecule is COCCNC(=O)CN(C)c1cccnc1N. The first-order valence-electron chi connectivity index (χ1n) is 5.32. The highest BCUT2D eigenvalue weighted by atomic mass is 16.5. The van der Waals surface area contributed by atoms with Gasteiger partial charge in [0.25, 0.3) is 0 Å². The first-order chi connectivity index (χ1) is 8.15. The lowest BCUT2D eigenvalue weighted by atomic mass is 10.3. The molecule has 0 fully saturated rings. The minimum absolute atomic E-state index is 0.0761. The maximum Gasteiger partial charge on any atom is 0.239 e. The van der Waals surface area contributed by atoms with Crippen LogP contribution < -0.4 is 16.0 Å². The molecule has 1 heterocycles. The molecular weight excluding hydrogens is 220 g/mol. The molecule has 0 unspecified atom stereocenters. The first kappa shape index (κ1) is 13.2. The number of anilines is 2. The van der Waals surface area contributed by atoms with Gasteiger partial charge in [-0.15, -0.1) is 0 Å². The van der Waals surface area contributed by atoms with Crippen molar-refractivity contribution in [3.05, 3.63) is 18.3 Å². The minimum Gasteiger partial charge on any atom is -0.383 e. The van der Waals surface area contributed by atoms with Crippen molar-refractivity contribution in [3.63, 3.8) is 0 Å². The van der Waals surface area contributed by atoms with Gasteiger partial charge in [0.2, 0.25) is 5.91 Å². The molecule has 0 bridgehead atoms. The lowest BCUT2D eigenvalue weighted by Gasteiger charge is -2.19. The Labute approximate surface area is 101 Å². The Morgan fingerprint density at radius 1 is 1.65 bits per heavy atom. The molecule has 0 radical (unpaired) electrons. The van der Waals surface area contributed by atoms with Crippen LogP contribution in [0, 0.1) is 0 Å². The monoisotopic (exact) mass is 238 g/mol. The van der Waals surface area contributed by atoms with Gasteiger partial charge in [-0.3, -0.25) is 4.79 Å². The number of nitrogens with two attached hydrogens (primary N) is 1. The number of rotatable bonds is 6. The molecule has 17 heavy (non-hydrogen) atoms. The zero-order valence-electron chi connectivity index (χ0n) is 10.1. The summed E-state index contributed by atoms with van der Waals surface area (Å²) < 4.78 is 4.84. The standard InChI is InChI=1S/C11H18N4O2/c1-15(8-10(16)13-6-7-17-2)9-4-3-5-14-11(9)12/h3-5H,6-8H2,1-2H3,(H2,12,14)(H,13,16). The summed E-state index contributed by atoms with van der Waals surface area (Å²) in [5.41, 5.74) is 6.46. The number of hydrogen-bond acceptors (Lipinski definition) is 5. The molecule has 1 amide bonds. The van der Waals surface area contributed by atoms with Crippen LogP contribution in [0.3, 0.4) is 0 Å². The van der Waals surface area contributed by atoms with E-state index in [2.05, 4.69) is 10.3 Å². The van der Waals surface area contributed by atoms with Crippen molar-refractivity contribution >= 4 is 17.4 Å². The predicted octanol–water partition coefficient (Wildman–Crippen LogP) is -0.137. The van der Waals surface area contributed by atoms with E-state index in [-0.39, 0.29) is 12.5 Å². The summed E-state index contributed by atoms with van der Waals surface area (Å²) in [4.78, 5) is 17.3. The predicted molar refractivity (Wildman–Crippen MR) is 66.8 cm³/mol. The van der Waals surface area contributed by atoms with E-state index in [1.54, 1.807) is 31.3 Å². The molecule has 0 saturated carbocycles. The van der Waals surface area contributed by atoms with Gasteiger partial charge in [0.15, 0.2) is 0 Å². The van der Waals surface area contributed by atoms with Gasteiger partial charge in [-0.25, -0.2) is 4.98 Å². The number of likely N-dealkylation sites (N-methyl/N-ethyl adjacent to an activating group) is 1. The van der Waals surface area contributed by atoms with Crippen LogP contribution in [-0.2, 0) is 9.53 Å². The number of hydrogen-bond donors (Lipinski definition) is 2. The van der Waals surface area contributed by atoms with Crippen LogP contribution in [0.2, 0.25) is 0 Å². The van der Waals surface area contributed by atoms with Crippen LogP contribution in [-0.4, -0.2) is 44.7 Å². The van der Waals surface area contributed by atoms with Crippen molar-refractivity contribution < 1.29 is 9.53 Å². The lowest BCUT2D eigenvalue weighted by molar-refractivity contribution is -0.119. The van der Waals surface area contributed by atoms with E-state index in [1.807, 2.05) is 6.07 Å². The quantitative estimate of drug-likeness (QED) is 0.674. The second kappa shape index (κ2) is 6.70. The van der Waals surface area contributed by atoms with Gasteiger partial charge in [0, 0.05) is 26.9 Å². The maximum atomic E-state index is 11.5. The second-order valence-electron chi connectivity index (χ2n) is 3.61. The molecule has 94 valence electrons. The van der Waals surface area contributed by atoms with Gasteiger partial charge in [-0.1, -0.05) is 0 Å². The fourth-order valence-corrected chi connectivity index (χ4v) is 1.38. The van der Waals surface area contributed by atoms with E-state index < -0.39 is 0 Å². The Morgan fingerprint density at radius 2 is 2.41 bits per heavy atom. The third-order valence-electron chi connectivity index (χ3n) is 2.24. The normalized spacial score (nSPS) is 10.0. The number of ether oxygens (including phenoxy) is 1. The number of nitrogen functional groups attached to an aromatic ring is 1. The molecule has 0 aromatic carbocycles. The van der Waals surface area contributed by atoms with E-state index in [4.69, 9.17) is 10.5 Å². The Bertz CT molecular complexity index is 370. The summed E-state index contributed by atoms with van der Waals surface area (Å²) in [6.45, 7) is 1.25. The number of carbonyl (C=O) groups is 1. The van der Waals surface area contributed by atoms with Crippen molar-refractivity contribution in [2.75, 3.05) is 44.5 Å². The van der Waals surface area contributed by atoms with Crippen molar-refractivity contribution in [1.29, 1.82) is 0 Å². The van der Waals surface area contributed by atoms with Crippen molar-refractivity contribution in [1.82, 2.24) is 10.3 Å². The van der Waals surface area contributed by atoms with Crippen LogP contribution in [0.5, 0.6) is 0 Å². The Hall–Kier alpha value is -1.82. The summed E-state index contributed by atoms with van der Waals surface area (Å²) in [7, 11) is 3.39. The van der Waals surface area contributed by atoms with Gasteiger partial charge in [0.1, 0.15) is 5.82 Å². The zero-order chi connectivity index (χ0) is 12.7. The molecule has 1 rings (SSSR count). The number of nitrogens with zero attached hydrogens (tertiary/aromatic N) is 2. The van der Waals surface area contributed by atoms with E-state index in [0.717, 1.165) is 5.69 Å². The summed E-state index contributed by atoms with van der Waals surface area (Å²) in [6, 6.07) is 3.61. The smallest absolute Gasteiger partial charge is 0.239 e. The molecule has 1 aromatic rings. The fourth-order valence-electron chi connectivity index (χ4n) is 1.38. The van der Waals surface area contributed by atoms with Crippen molar-refractivity contribution in [2.24, 2.45) is 0 Å². The summed E-state index contributed by atoms with van der Waals surface area (Å²) in [5, 5.41) is 2.74. The molecule has 0 atom stereocenters. The molecule has 3 N–H and O–H groups in total. The fraction of sp³-hybridized carbons (Fsp3) is 0.455. The molecule has 6 nitrogen and oxygen atoms in total. The second-order valence-corrected chi connectivity index (χ2v) is 3.61. The van der Waals surface area contributed by atoms with Crippen molar-refractivity contribution in [3.8, 4) is 0 Å². The molecule has 0 aliphatic rings. The number of carbonyl (C=O) groups excluding carboxylic acids is 1. The van der Waals surface area contributed by atoms with Gasteiger partial charge in [-0.2, -0.15) is 0 Å². The molecule has 1 aromatic heterocycles. The van der Waals surface area contributed by atoms with Crippen LogP contribution in [0.4, 0.5) is 11.5 Å². The summed E-state index contributed by atoms with van der Waals surface area (Å²) in [6.07, 6.45) is 1.62. The Balaban J connectivity index is 2.46.